The number of hydrogen-bond acceptors (Lipinski definition) is 3. The lowest BCUT2D eigenvalue weighted by molar-refractivity contribution is 0.305. The van der Waals surface area contributed by atoms with E-state index < -0.39 is 0 Å². The molecule has 0 unspecified atom stereocenters. The van der Waals surface area contributed by atoms with Crippen molar-refractivity contribution in [2.24, 2.45) is 0 Å². The van der Waals surface area contributed by atoms with Crippen molar-refractivity contribution < 1.29 is 0 Å². The van der Waals surface area contributed by atoms with Gasteiger partial charge in [-0.05, 0) is 43.3 Å². The molecule has 1 aromatic carbocycles. The van der Waals surface area contributed by atoms with Crippen LogP contribution in [0.2, 0.25) is 0 Å². The molecule has 90 valence electrons. The number of fused-ring (bicyclic) bond motifs is 1. The number of aromatic nitrogens is 2. The first kappa shape index (κ1) is 11.0. The normalized spacial score (nSPS) is 15.1. The van der Waals surface area contributed by atoms with Gasteiger partial charge >= 0.3 is 0 Å². The van der Waals surface area contributed by atoms with Gasteiger partial charge in [-0.3, -0.25) is 0 Å². The molecule has 2 aromatic rings. The van der Waals surface area contributed by atoms with E-state index >= 15 is 0 Å². The molecule has 0 atom stereocenters. The molecule has 1 aromatic heterocycles. The fourth-order valence-electron chi connectivity index (χ4n) is 2.33. The van der Waals surface area contributed by atoms with Crippen LogP contribution in [-0.2, 0) is 13.0 Å². The highest BCUT2D eigenvalue weighted by Crippen LogP contribution is 2.21. The predicted octanol–water partition coefficient (Wildman–Crippen LogP) is 1.73. The topological polar surface area (TPSA) is 44.9 Å². The van der Waals surface area contributed by atoms with Crippen LogP contribution in [0.1, 0.15) is 16.8 Å². The Kier molecular flexibility index (Phi) is 2.62. The second-order valence-electron chi connectivity index (χ2n) is 4.67. The van der Waals surface area contributed by atoms with Crippen molar-refractivity contribution >= 4 is 0 Å². The number of benzene rings is 1. The quantitative estimate of drug-likeness (QED) is 0.760. The van der Waals surface area contributed by atoms with E-state index in [1.54, 1.807) is 0 Å². The van der Waals surface area contributed by atoms with Gasteiger partial charge in [0.25, 0.3) is 0 Å². The largest absolute Gasteiger partial charge is 0.300 e. The molecule has 1 aliphatic rings. The van der Waals surface area contributed by atoms with Crippen LogP contribution in [0.15, 0.2) is 30.5 Å². The molecular weight excluding hydrogens is 224 g/mol. The summed E-state index contributed by atoms with van der Waals surface area (Å²) < 4.78 is 1.98. The predicted molar refractivity (Wildman–Crippen MR) is 68.3 cm³/mol. The monoisotopic (exact) mass is 238 g/mol. The maximum Gasteiger partial charge on any atom is 0.0991 e. The molecule has 0 amide bonds. The lowest BCUT2D eigenvalue weighted by Gasteiger charge is -2.23. The first-order chi connectivity index (χ1) is 8.78. The summed E-state index contributed by atoms with van der Waals surface area (Å²) in [5.41, 5.74) is 4.29. The molecule has 4 nitrogen and oxygen atoms in total. The van der Waals surface area contributed by atoms with E-state index in [1.807, 2.05) is 35.1 Å². The Morgan fingerprint density at radius 3 is 2.78 bits per heavy atom. The third-order valence-electron chi connectivity index (χ3n) is 3.38. The smallest absolute Gasteiger partial charge is 0.0991 e. The summed E-state index contributed by atoms with van der Waals surface area (Å²) >= 11 is 0. The van der Waals surface area contributed by atoms with Crippen molar-refractivity contribution in [2.45, 2.75) is 13.0 Å². The Bertz CT molecular complexity index is 604. The minimum Gasteiger partial charge on any atom is -0.300 e. The number of hydrogen-bond donors (Lipinski definition) is 0. The molecule has 0 spiro atoms. The summed E-state index contributed by atoms with van der Waals surface area (Å²) in [7, 11) is 2.12. The van der Waals surface area contributed by atoms with Gasteiger partial charge in [0.15, 0.2) is 0 Å². The molecule has 0 radical (unpaired) electrons. The van der Waals surface area contributed by atoms with Crippen LogP contribution in [0.5, 0.6) is 0 Å². The molecule has 0 bridgehead atoms. The summed E-state index contributed by atoms with van der Waals surface area (Å²) in [6.45, 7) is 2.02. The molecule has 0 aliphatic carbocycles. The maximum absolute atomic E-state index is 8.81. The van der Waals surface area contributed by atoms with Crippen molar-refractivity contribution in [3.63, 3.8) is 0 Å². The van der Waals surface area contributed by atoms with Gasteiger partial charge in [-0.2, -0.15) is 10.4 Å². The zero-order valence-corrected chi connectivity index (χ0v) is 10.3. The van der Waals surface area contributed by atoms with Gasteiger partial charge < -0.3 is 4.90 Å². The van der Waals surface area contributed by atoms with Crippen LogP contribution in [0, 0.1) is 11.3 Å². The fraction of sp³-hybridized carbons (Fsp3) is 0.286. The summed E-state index contributed by atoms with van der Waals surface area (Å²) in [5.74, 6) is 0. The first-order valence-corrected chi connectivity index (χ1v) is 6.03. The lowest BCUT2D eigenvalue weighted by atomic mass is 10.1. The number of nitrogens with zero attached hydrogens (tertiary/aromatic N) is 4. The molecule has 0 N–H and O–H groups in total. The van der Waals surface area contributed by atoms with Crippen LogP contribution in [-0.4, -0.2) is 28.3 Å². The van der Waals surface area contributed by atoms with Crippen molar-refractivity contribution in [1.29, 1.82) is 5.26 Å². The van der Waals surface area contributed by atoms with Gasteiger partial charge in [0.1, 0.15) is 0 Å². The van der Waals surface area contributed by atoms with E-state index in [2.05, 4.69) is 23.1 Å². The summed E-state index contributed by atoms with van der Waals surface area (Å²) in [6.07, 6.45) is 3.02. The average molecular weight is 238 g/mol. The number of rotatable bonds is 1. The molecule has 2 heterocycles. The Morgan fingerprint density at radius 1 is 1.28 bits per heavy atom. The van der Waals surface area contributed by atoms with Crippen LogP contribution < -0.4 is 0 Å². The van der Waals surface area contributed by atoms with E-state index in [0.29, 0.717) is 5.56 Å². The summed E-state index contributed by atoms with van der Waals surface area (Å²) in [4.78, 5) is 2.30. The van der Waals surface area contributed by atoms with Crippen molar-refractivity contribution in [3.8, 4) is 11.8 Å². The zero-order valence-electron chi connectivity index (χ0n) is 10.3. The van der Waals surface area contributed by atoms with E-state index in [9.17, 15) is 0 Å². The van der Waals surface area contributed by atoms with Crippen LogP contribution >= 0.6 is 0 Å². The molecule has 4 heteroatoms. The Labute approximate surface area is 106 Å². The van der Waals surface area contributed by atoms with Gasteiger partial charge in [-0.15, -0.1) is 0 Å². The first-order valence-electron chi connectivity index (χ1n) is 6.03. The molecule has 0 saturated heterocycles. The summed E-state index contributed by atoms with van der Waals surface area (Å²) in [5, 5.41) is 13.3. The van der Waals surface area contributed by atoms with Crippen LogP contribution in [0.3, 0.4) is 0 Å². The maximum atomic E-state index is 8.81. The van der Waals surface area contributed by atoms with E-state index in [4.69, 9.17) is 5.26 Å². The van der Waals surface area contributed by atoms with Gasteiger partial charge in [0.2, 0.25) is 0 Å². The fourth-order valence-corrected chi connectivity index (χ4v) is 2.33. The Morgan fingerprint density at radius 2 is 2.06 bits per heavy atom. The van der Waals surface area contributed by atoms with E-state index in [0.717, 1.165) is 25.2 Å². The van der Waals surface area contributed by atoms with Gasteiger partial charge in [-0.25, -0.2) is 4.68 Å². The molecular formula is C14H14N4. The zero-order chi connectivity index (χ0) is 12.5. The Balaban J connectivity index is 2.02. The third kappa shape index (κ3) is 1.79. The van der Waals surface area contributed by atoms with Crippen LogP contribution in [0.25, 0.3) is 5.69 Å². The highest BCUT2D eigenvalue weighted by Gasteiger charge is 2.18. The van der Waals surface area contributed by atoms with E-state index in [-0.39, 0.29) is 0 Å². The van der Waals surface area contributed by atoms with Crippen molar-refractivity contribution in [1.82, 2.24) is 14.7 Å². The Hall–Kier alpha value is -2.12. The second kappa shape index (κ2) is 4.28. The number of nitriles is 1. The number of likely N-dealkylation sites (N-methyl/N-ethyl adjacent to an activating group) is 1. The highest BCUT2D eigenvalue weighted by atomic mass is 15.3. The molecule has 3 rings (SSSR count). The molecule has 1 aliphatic heterocycles. The molecule has 0 saturated carbocycles. The standard InChI is InChI=1S/C14H14N4/c1-17-7-6-12-9-16-18(14(12)10-17)13-4-2-11(8-15)3-5-13/h2-5,9H,6-7,10H2,1H3. The molecule has 18 heavy (non-hydrogen) atoms. The van der Waals surface area contributed by atoms with E-state index in [1.165, 1.54) is 11.3 Å². The lowest BCUT2D eigenvalue weighted by Crippen LogP contribution is -2.27. The van der Waals surface area contributed by atoms with Gasteiger partial charge in [0.05, 0.1) is 29.2 Å². The molecule has 0 fully saturated rings. The summed E-state index contributed by atoms with van der Waals surface area (Å²) in [6, 6.07) is 9.68. The highest BCUT2D eigenvalue weighted by molar-refractivity contribution is 5.41. The SMILES string of the molecule is CN1CCc2cnn(-c3ccc(C#N)cc3)c2C1. The average Bonchev–Trinajstić information content (AvgIpc) is 2.82. The van der Waals surface area contributed by atoms with Crippen molar-refractivity contribution in [3.05, 3.63) is 47.3 Å². The second-order valence-corrected chi connectivity index (χ2v) is 4.67. The van der Waals surface area contributed by atoms with Gasteiger partial charge in [0, 0.05) is 13.1 Å². The van der Waals surface area contributed by atoms with Gasteiger partial charge in [-0.1, -0.05) is 0 Å². The minimum absolute atomic E-state index is 0.678. The third-order valence-corrected chi connectivity index (χ3v) is 3.38. The minimum atomic E-state index is 0.678. The van der Waals surface area contributed by atoms with Crippen molar-refractivity contribution in [2.75, 3.05) is 13.6 Å². The van der Waals surface area contributed by atoms with Crippen LogP contribution in [0.4, 0.5) is 0 Å².